The van der Waals surface area contributed by atoms with Gasteiger partial charge < -0.3 is 10.6 Å². The summed E-state index contributed by atoms with van der Waals surface area (Å²) in [6.07, 6.45) is 0.884. The smallest absolute Gasteiger partial charge is 0.170 e. The normalized spacial score (nSPS) is 10.2. The highest BCUT2D eigenvalue weighted by Gasteiger charge is 2.00. The van der Waals surface area contributed by atoms with Crippen molar-refractivity contribution in [3.63, 3.8) is 0 Å². The maximum Gasteiger partial charge on any atom is 0.170 e. The minimum Gasteiger partial charge on any atom is -0.362 e. The number of aryl methyl sites for hydroxylation is 2. The Morgan fingerprint density at radius 2 is 1.81 bits per heavy atom. The molecule has 2 N–H and O–H groups in total. The van der Waals surface area contributed by atoms with E-state index < -0.39 is 0 Å². The van der Waals surface area contributed by atoms with Crippen LogP contribution in [-0.4, -0.2) is 11.7 Å². The van der Waals surface area contributed by atoms with E-state index >= 15 is 0 Å². The van der Waals surface area contributed by atoms with E-state index in [2.05, 4.69) is 48.7 Å². The molecule has 0 saturated heterocycles. The molecule has 0 aliphatic rings. The first-order valence-corrected chi connectivity index (χ1v) is 7.69. The molecule has 0 aliphatic heterocycles. The summed E-state index contributed by atoms with van der Waals surface area (Å²) in [6.45, 7) is 4.93. The lowest BCUT2D eigenvalue weighted by molar-refractivity contribution is 0.873. The Kier molecular flexibility index (Phi) is 5.59. The van der Waals surface area contributed by atoms with Gasteiger partial charge in [0.25, 0.3) is 0 Å². The number of hydrogen-bond acceptors (Lipinski definition) is 1. The maximum absolute atomic E-state index is 5.96. The SMILES string of the molecule is Cc1cc(C)cc(NC(=S)NCCc2cccc(Cl)c2)c1. The van der Waals surface area contributed by atoms with Crippen molar-refractivity contribution >= 4 is 34.6 Å². The lowest BCUT2D eigenvalue weighted by atomic mass is 10.1. The predicted molar refractivity (Wildman–Crippen MR) is 95.3 cm³/mol. The number of hydrogen-bond donors (Lipinski definition) is 2. The average Bonchev–Trinajstić information content (AvgIpc) is 2.37. The minimum atomic E-state index is 0.641. The molecule has 0 bridgehead atoms. The summed E-state index contributed by atoms with van der Waals surface area (Å²) in [5.74, 6) is 0. The first-order chi connectivity index (χ1) is 10.0. The summed E-state index contributed by atoms with van der Waals surface area (Å²) in [5, 5.41) is 7.84. The summed E-state index contributed by atoms with van der Waals surface area (Å²) >= 11 is 11.3. The van der Waals surface area contributed by atoms with Gasteiger partial charge in [0.05, 0.1) is 0 Å². The maximum atomic E-state index is 5.96. The molecule has 0 aliphatic carbocycles. The second-order valence-electron chi connectivity index (χ2n) is 5.14. The van der Waals surface area contributed by atoms with Gasteiger partial charge >= 0.3 is 0 Å². The van der Waals surface area contributed by atoms with Crippen LogP contribution in [0.4, 0.5) is 5.69 Å². The second kappa shape index (κ2) is 7.43. The molecule has 0 aromatic heterocycles. The highest BCUT2D eigenvalue weighted by atomic mass is 35.5. The topological polar surface area (TPSA) is 24.1 Å². The molecule has 2 nitrogen and oxygen atoms in total. The predicted octanol–water partition coefficient (Wildman–Crippen LogP) is 4.49. The van der Waals surface area contributed by atoms with Crippen molar-refractivity contribution in [2.24, 2.45) is 0 Å². The van der Waals surface area contributed by atoms with Crippen LogP contribution in [0.15, 0.2) is 42.5 Å². The molecule has 2 aromatic carbocycles. The van der Waals surface area contributed by atoms with Crippen LogP contribution in [-0.2, 0) is 6.42 Å². The third-order valence-electron chi connectivity index (χ3n) is 3.07. The van der Waals surface area contributed by atoms with Crippen LogP contribution in [0.3, 0.4) is 0 Å². The molecular weight excluding hydrogens is 300 g/mol. The van der Waals surface area contributed by atoms with Gasteiger partial charge in [0, 0.05) is 17.3 Å². The number of halogens is 1. The van der Waals surface area contributed by atoms with E-state index in [9.17, 15) is 0 Å². The van der Waals surface area contributed by atoms with E-state index in [1.165, 1.54) is 16.7 Å². The van der Waals surface area contributed by atoms with Gasteiger partial charge in [0.15, 0.2) is 5.11 Å². The molecule has 0 atom stereocenters. The fraction of sp³-hybridized carbons (Fsp3) is 0.235. The zero-order chi connectivity index (χ0) is 15.2. The van der Waals surface area contributed by atoms with E-state index in [0.717, 1.165) is 23.7 Å². The molecule has 0 amide bonds. The molecule has 110 valence electrons. The lowest BCUT2D eigenvalue weighted by Gasteiger charge is -2.12. The van der Waals surface area contributed by atoms with Gasteiger partial charge in [-0.15, -0.1) is 0 Å². The fourth-order valence-corrected chi connectivity index (χ4v) is 2.67. The first kappa shape index (κ1) is 15.8. The van der Waals surface area contributed by atoms with Crippen LogP contribution < -0.4 is 10.6 Å². The fourth-order valence-electron chi connectivity index (χ4n) is 2.23. The Hall–Kier alpha value is -1.58. The number of thiocarbonyl (C=S) groups is 1. The quantitative estimate of drug-likeness (QED) is 0.812. The van der Waals surface area contributed by atoms with E-state index in [-0.39, 0.29) is 0 Å². The Bertz CT molecular complexity index is 620. The van der Waals surface area contributed by atoms with Crippen LogP contribution in [0.5, 0.6) is 0 Å². The number of rotatable bonds is 4. The van der Waals surface area contributed by atoms with Crippen LogP contribution in [0.25, 0.3) is 0 Å². The number of benzene rings is 2. The Morgan fingerprint density at radius 3 is 2.48 bits per heavy atom. The molecule has 0 spiro atoms. The average molecular weight is 319 g/mol. The van der Waals surface area contributed by atoms with Crippen molar-refractivity contribution in [1.82, 2.24) is 5.32 Å². The Balaban J connectivity index is 1.82. The van der Waals surface area contributed by atoms with Crippen LogP contribution in [0.2, 0.25) is 5.02 Å². The first-order valence-electron chi connectivity index (χ1n) is 6.90. The molecule has 2 aromatic rings. The van der Waals surface area contributed by atoms with Gasteiger partial charge in [0.2, 0.25) is 0 Å². The van der Waals surface area contributed by atoms with Crippen molar-refractivity contribution in [2.45, 2.75) is 20.3 Å². The van der Waals surface area contributed by atoms with Crippen LogP contribution >= 0.6 is 23.8 Å². The molecule has 0 saturated carbocycles. The molecule has 2 rings (SSSR count). The molecule has 21 heavy (non-hydrogen) atoms. The van der Waals surface area contributed by atoms with E-state index in [0.29, 0.717) is 5.11 Å². The summed E-state index contributed by atoms with van der Waals surface area (Å²) in [7, 11) is 0. The highest BCUT2D eigenvalue weighted by Crippen LogP contribution is 2.13. The summed E-state index contributed by atoms with van der Waals surface area (Å²) in [6, 6.07) is 14.2. The van der Waals surface area contributed by atoms with Crippen molar-refractivity contribution in [1.29, 1.82) is 0 Å². The number of nitrogens with one attached hydrogen (secondary N) is 2. The van der Waals surface area contributed by atoms with Crippen molar-refractivity contribution < 1.29 is 0 Å². The summed E-state index contributed by atoms with van der Waals surface area (Å²) in [4.78, 5) is 0. The van der Waals surface area contributed by atoms with E-state index in [1.807, 2.05) is 18.2 Å². The molecule has 0 radical (unpaired) electrons. The van der Waals surface area contributed by atoms with Crippen molar-refractivity contribution in [3.05, 3.63) is 64.2 Å². The zero-order valence-electron chi connectivity index (χ0n) is 12.2. The molecule has 4 heteroatoms. The molecular formula is C17H19ClN2S. The van der Waals surface area contributed by atoms with Gasteiger partial charge in [-0.1, -0.05) is 29.8 Å². The van der Waals surface area contributed by atoms with Gasteiger partial charge in [-0.25, -0.2) is 0 Å². The van der Waals surface area contributed by atoms with Gasteiger partial charge in [-0.05, 0) is 73.4 Å². The molecule has 0 heterocycles. The second-order valence-corrected chi connectivity index (χ2v) is 5.98. The Morgan fingerprint density at radius 1 is 1.10 bits per heavy atom. The van der Waals surface area contributed by atoms with E-state index in [1.54, 1.807) is 0 Å². The van der Waals surface area contributed by atoms with E-state index in [4.69, 9.17) is 23.8 Å². The monoisotopic (exact) mass is 318 g/mol. The number of anilines is 1. The highest BCUT2D eigenvalue weighted by molar-refractivity contribution is 7.80. The van der Waals surface area contributed by atoms with Crippen molar-refractivity contribution in [2.75, 3.05) is 11.9 Å². The van der Waals surface area contributed by atoms with Gasteiger partial charge in [-0.3, -0.25) is 0 Å². The van der Waals surface area contributed by atoms with Crippen molar-refractivity contribution in [3.8, 4) is 0 Å². The summed E-state index contributed by atoms with van der Waals surface area (Å²) < 4.78 is 0. The van der Waals surface area contributed by atoms with Crippen LogP contribution in [0, 0.1) is 13.8 Å². The minimum absolute atomic E-state index is 0.641. The molecule has 0 fully saturated rings. The third kappa shape index (κ3) is 5.37. The standard InChI is InChI=1S/C17H19ClN2S/c1-12-8-13(2)10-16(9-12)20-17(21)19-7-6-14-4-3-5-15(18)11-14/h3-5,8-11H,6-7H2,1-2H3,(H2,19,20,21). The summed E-state index contributed by atoms with van der Waals surface area (Å²) in [5.41, 5.74) is 4.66. The van der Waals surface area contributed by atoms with Gasteiger partial charge in [-0.2, -0.15) is 0 Å². The van der Waals surface area contributed by atoms with Crippen LogP contribution in [0.1, 0.15) is 16.7 Å². The van der Waals surface area contributed by atoms with Gasteiger partial charge in [0.1, 0.15) is 0 Å². The zero-order valence-corrected chi connectivity index (χ0v) is 13.8. The molecule has 0 unspecified atom stereocenters. The third-order valence-corrected chi connectivity index (χ3v) is 3.55. The largest absolute Gasteiger partial charge is 0.362 e. The Labute approximate surface area is 136 Å². The lowest BCUT2D eigenvalue weighted by Crippen LogP contribution is -2.30.